The fraction of sp³-hybridized carbons (Fsp3) is 0.0556. The van der Waals surface area contributed by atoms with Gasteiger partial charge in [-0.2, -0.15) is 13.2 Å². The molecule has 3 rings (SSSR count). The number of anilines is 1. The molecule has 0 radical (unpaired) electrons. The number of amides is 1. The van der Waals surface area contributed by atoms with Gasteiger partial charge in [-0.15, -0.1) is 0 Å². The number of hydrogen-bond donors (Lipinski definition) is 1. The molecule has 0 fully saturated rings. The smallest absolute Gasteiger partial charge is 0.450 e. The third-order valence-electron chi connectivity index (χ3n) is 3.56. The molecular weight excluding hydrogens is 426 g/mol. The summed E-state index contributed by atoms with van der Waals surface area (Å²) in [6, 6.07) is 11.4. The Kier molecular flexibility index (Phi) is 5.42. The van der Waals surface area contributed by atoms with E-state index in [1.807, 2.05) is 0 Å². The highest BCUT2D eigenvalue weighted by molar-refractivity contribution is 6.40. The fourth-order valence-corrected chi connectivity index (χ4v) is 2.94. The summed E-state index contributed by atoms with van der Waals surface area (Å²) in [4.78, 5) is 12.5. The molecule has 9 heteroatoms. The van der Waals surface area contributed by atoms with E-state index in [1.165, 1.54) is 42.5 Å². The third kappa shape index (κ3) is 4.24. The van der Waals surface area contributed by atoms with E-state index in [4.69, 9.17) is 39.2 Å². The zero-order chi connectivity index (χ0) is 19.8. The summed E-state index contributed by atoms with van der Waals surface area (Å²) >= 11 is 17.7. The highest BCUT2D eigenvalue weighted by Crippen LogP contribution is 2.38. The lowest BCUT2D eigenvalue weighted by Gasteiger charge is -2.10. The second-order valence-electron chi connectivity index (χ2n) is 5.41. The van der Waals surface area contributed by atoms with Gasteiger partial charge in [0, 0.05) is 10.6 Å². The molecule has 0 aliphatic heterocycles. The number of rotatable bonds is 3. The normalized spacial score (nSPS) is 11.5. The molecule has 0 saturated heterocycles. The zero-order valence-corrected chi connectivity index (χ0v) is 15.5. The summed E-state index contributed by atoms with van der Waals surface area (Å²) < 4.78 is 45.0. The van der Waals surface area contributed by atoms with Gasteiger partial charge in [0.15, 0.2) is 0 Å². The van der Waals surface area contributed by atoms with Crippen molar-refractivity contribution in [3.63, 3.8) is 0 Å². The van der Waals surface area contributed by atoms with Gasteiger partial charge in [-0.05, 0) is 42.5 Å². The molecule has 1 heterocycles. The largest absolute Gasteiger partial charge is 0.451 e. The number of para-hydroxylation sites is 1. The van der Waals surface area contributed by atoms with E-state index in [2.05, 4.69) is 5.32 Å². The summed E-state index contributed by atoms with van der Waals surface area (Å²) in [7, 11) is 0. The maximum atomic E-state index is 13.4. The quantitative estimate of drug-likeness (QED) is 0.474. The van der Waals surface area contributed by atoms with Crippen molar-refractivity contribution in [1.29, 1.82) is 0 Å². The Balaban J connectivity index is 2.03. The number of carbonyl (C=O) groups excluding carboxylic acids is 1. The molecule has 0 spiro atoms. The molecule has 140 valence electrons. The van der Waals surface area contributed by atoms with Crippen molar-refractivity contribution >= 4 is 46.4 Å². The molecule has 0 saturated carbocycles. The number of carbonyl (C=O) groups is 1. The van der Waals surface area contributed by atoms with E-state index in [0.717, 1.165) is 6.07 Å². The Morgan fingerprint density at radius 3 is 2.11 bits per heavy atom. The minimum Gasteiger partial charge on any atom is -0.451 e. The van der Waals surface area contributed by atoms with Gasteiger partial charge in [0.25, 0.3) is 5.91 Å². The molecule has 0 aliphatic rings. The fourth-order valence-electron chi connectivity index (χ4n) is 2.32. The molecule has 1 amide bonds. The SMILES string of the molecule is O=C(Nc1c(Cl)cccc1Cl)c1cc(-c2ccc(Cl)cc2)oc1C(F)(F)F. The summed E-state index contributed by atoms with van der Waals surface area (Å²) in [6.07, 6.45) is -4.87. The van der Waals surface area contributed by atoms with E-state index < -0.39 is 23.4 Å². The third-order valence-corrected chi connectivity index (χ3v) is 4.45. The molecule has 2 aromatic carbocycles. The summed E-state index contributed by atoms with van der Waals surface area (Å²) in [5.74, 6) is -2.61. The van der Waals surface area contributed by atoms with Crippen LogP contribution in [0.5, 0.6) is 0 Å². The number of hydrogen-bond acceptors (Lipinski definition) is 2. The molecule has 0 unspecified atom stereocenters. The highest BCUT2D eigenvalue weighted by atomic mass is 35.5. The van der Waals surface area contributed by atoms with Crippen molar-refractivity contribution in [3.05, 3.63) is 74.9 Å². The van der Waals surface area contributed by atoms with Gasteiger partial charge in [-0.1, -0.05) is 40.9 Å². The minimum atomic E-state index is -4.87. The van der Waals surface area contributed by atoms with Crippen LogP contribution >= 0.6 is 34.8 Å². The van der Waals surface area contributed by atoms with Crippen LogP contribution < -0.4 is 5.32 Å². The number of benzene rings is 2. The Morgan fingerprint density at radius 1 is 0.963 bits per heavy atom. The molecule has 1 aromatic heterocycles. The number of alkyl halides is 3. The average molecular weight is 435 g/mol. The van der Waals surface area contributed by atoms with Crippen LogP contribution in [-0.4, -0.2) is 5.91 Å². The molecule has 3 nitrogen and oxygen atoms in total. The van der Waals surface area contributed by atoms with E-state index in [1.54, 1.807) is 0 Å². The molecule has 0 atom stereocenters. The van der Waals surface area contributed by atoms with Crippen LogP contribution in [-0.2, 0) is 6.18 Å². The maximum Gasteiger partial charge on any atom is 0.450 e. The van der Waals surface area contributed by atoms with Crippen molar-refractivity contribution in [2.45, 2.75) is 6.18 Å². The summed E-state index contributed by atoms with van der Waals surface area (Å²) in [5, 5.41) is 2.88. The number of halogens is 6. The number of nitrogens with one attached hydrogen (secondary N) is 1. The van der Waals surface area contributed by atoms with E-state index in [9.17, 15) is 18.0 Å². The maximum absolute atomic E-state index is 13.4. The standard InChI is InChI=1S/C18H9Cl3F3NO2/c19-10-6-4-9(5-7-10)14-8-11(16(27-14)18(22,23)24)17(26)25-15-12(20)2-1-3-13(15)21/h1-8H,(H,25,26). The Morgan fingerprint density at radius 2 is 1.56 bits per heavy atom. The van der Waals surface area contributed by atoms with Crippen LogP contribution in [0.15, 0.2) is 52.9 Å². The van der Waals surface area contributed by atoms with Crippen molar-refractivity contribution in [3.8, 4) is 11.3 Å². The first-order valence-corrected chi connectivity index (χ1v) is 8.52. The van der Waals surface area contributed by atoms with Gasteiger partial charge in [0.05, 0.1) is 21.3 Å². The second-order valence-corrected chi connectivity index (χ2v) is 6.66. The van der Waals surface area contributed by atoms with Crippen LogP contribution in [0.3, 0.4) is 0 Å². The van der Waals surface area contributed by atoms with E-state index >= 15 is 0 Å². The first-order valence-electron chi connectivity index (χ1n) is 7.39. The van der Waals surface area contributed by atoms with Crippen LogP contribution in [0.4, 0.5) is 18.9 Å². The van der Waals surface area contributed by atoms with E-state index in [0.29, 0.717) is 10.6 Å². The monoisotopic (exact) mass is 433 g/mol. The summed E-state index contributed by atoms with van der Waals surface area (Å²) in [5.41, 5.74) is -0.351. The van der Waals surface area contributed by atoms with Crippen molar-refractivity contribution in [1.82, 2.24) is 0 Å². The van der Waals surface area contributed by atoms with Crippen molar-refractivity contribution < 1.29 is 22.4 Å². The zero-order valence-electron chi connectivity index (χ0n) is 13.2. The predicted octanol–water partition coefficient (Wildman–Crippen LogP) is 7.18. The van der Waals surface area contributed by atoms with Crippen molar-refractivity contribution in [2.75, 3.05) is 5.32 Å². The number of furan rings is 1. The van der Waals surface area contributed by atoms with Crippen LogP contribution in [0.2, 0.25) is 15.1 Å². The van der Waals surface area contributed by atoms with Gasteiger partial charge < -0.3 is 9.73 Å². The molecule has 0 aliphatic carbocycles. The van der Waals surface area contributed by atoms with E-state index in [-0.39, 0.29) is 21.5 Å². The average Bonchev–Trinajstić information content (AvgIpc) is 3.05. The van der Waals surface area contributed by atoms with Gasteiger partial charge in [-0.3, -0.25) is 4.79 Å². The Labute approximate surface area is 166 Å². The topological polar surface area (TPSA) is 42.2 Å². The van der Waals surface area contributed by atoms with Crippen molar-refractivity contribution in [2.24, 2.45) is 0 Å². The highest BCUT2D eigenvalue weighted by Gasteiger charge is 2.40. The van der Waals surface area contributed by atoms with Crippen LogP contribution in [0, 0.1) is 0 Å². The van der Waals surface area contributed by atoms with Crippen LogP contribution in [0.1, 0.15) is 16.1 Å². The minimum absolute atomic E-state index is 0.00759. The molecule has 0 bridgehead atoms. The lowest BCUT2D eigenvalue weighted by molar-refractivity contribution is -0.153. The molecular formula is C18H9Cl3F3NO2. The molecule has 1 N–H and O–H groups in total. The first kappa shape index (κ1) is 19.6. The van der Waals surface area contributed by atoms with Gasteiger partial charge >= 0.3 is 6.18 Å². The lowest BCUT2D eigenvalue weighted by Crippen LogP contribution is -2.17. The Hall–Kier alpha value is -2.15. The van der Waals surface area contributed by atoms with Gasteiger partial charge in [0.1, 0.15) is 5.76 Å². The second kappa shape index (κ2) is 7.46. The lowest BCUT2D eigenvalue weighted by atomic mass is 10.1. The van der Waals surface area contributed by atoms with Gasteiger partial charge in [-0.25, -0.2) is 0 Å². The molecule has 3 aromatic rings. The predicted molar refractivity (Wildman–Crippen MR) is 98.6 cm³/mol. The molecule has 27 heavy (non-hydrogen) atoms. The van der Waals surface area contributed by atoms with Gasteiger partial charge in [0.2, 0.25) is 5.76 Å². The summed E-state index contributed by atoms with van der Waals surface area (Å²) in [6.45, 7) is 0. The Bertz CT molecular complexity index is 978. The van der Waals surface area contributed by atoms with Crippen LogP contribution in [0.25, 0.3) is 11.3 Å². The first-order chi connectivity index (χ1) is 12.7.